The van der Waals surface area contributed by atoms with Gasteiger partial charge in [-0.25, -0.2) is 0 Å². The zero-order valence-electron chi connectivity index (χ0n) is 11.6. The first-order chi connectivity index (χ1) is 7.48. The lowest BCUT2D eigenvalue weighted by molar-refractivity contribution is -0.00535. The minimum absolute atomic E-state index is 0.423. The molecule has 94 valence electrons. The van der Waals surface area contributed by atoms with Crippen molar-refractivity contribution in [1.82, 2.24) is 10.2 Å². The topological polar surface area (TPSA) is 15.3 Å². The lowest BCUT2D eigenvalue weighted by Gasteiger charge is -2.50. The average Bonchev–Trinajstić information content (AvgIpc) is 3.05. The van der Waals surface area contributed by atoms with Crippen molar-refractivity contribution in [2.45, 2.75) is 64.6 Å². The Morgan fingerprint density at radius 1 is 1.12 bits per heavy atom. The molecule has 0 bridgehead atoms. The molecule has 0 spiro atoms. The second kappa shape index (κ2) is 4.30. The van der Waals surface area contributed by atoms with E-state index in [-0.39, 0.29) is 0 Å². The number of likely N-dealkylation sites (tertiary alicyclic amines) is 1. The minimum Gasteiger partial charge on any atom is -0.317 e. The molecule has 0 aromatic carbocycles. The van der Waals surface area contributed by atoms with Gasteiger partial charge in [0, 0.05) is 24.2 Å². The van der Waals surface area contributed by atoms with Crippen LogP contribution in [0.1, 0.15) is 47.0 Å². The lowest BCUT2D eigenvalue weighted by Crippen LogP contribution is -2.60. The second-order valence-corrected chi connectivity index (χ2v) is 6.40. The smallest absolute Gasteiger partial charge is 0.0184 e. The molecule has 0 aromatic heterocycles. The fraction of sp³-hybridized carbons (Fsp3) is 1.00. The van der Waals surface area contributed by atoms with Crippen molar-refractivity contribution in [2.24, 2.45) is 11.8 Å². The van der Waals surface area contributed by atoms with Gasteiger partial charge in [0.2, 0.25) is 0 Å². The monoisotopic (exact) mass is 224 g/mol. The summed E-state index contributed by atoms with van der Waals surface area (Å²) >= 11 is 0. The highest BCUT2D eigenvalue weighted by Gasteiger charge is 2.46. The number of nitrogens with zero attached hydrogens (tertiary/aromatic N) is 1. The van der Waals surface area contributed by atoms with Gasteiger partial charge < -0.3 is 5.32 Å². The molecule has 1 saturated heterocycles. The number of piperidine rings is 1. The first kappa shape index (κ1) is 12.4. The van der Waals surface area contributed by atoms with Gasteiger partial charge in [0.15, 0.2) is 0 Å². The van der Waals surface area contributed by atoms with Crippen molar-refractivity contribution < 1.29 is 0 Å². The summed E-state index contributed by atoms with van der Waals surface area (Å²) in [5.74, 6) is 1.71. The van der Waals surface area contributed by atoms with Crippen molar-refractivity contribution in [2.75, 3.05) is 13.6 Å². The van der Waals surface area contributed by atoms with E-state index in [1.807, 2.05) is 0 Å². The third kappa shape index (κ3) is 2.02. The largest absolute Gasteiger partial charge is 0.317 e. The molecule has 3 unspecified atom stereocenters. The van der Waals surface area contributed by atoms with Gasteiger partial charge in [0.25, 0.3) is 0 Å². The van der Waals surface area contributed by atoms with Crippen LogP contribution in [-0.2, 0) is 0 Å². The van der Waals surface area contributed by atoms with Gasteiger partial charge in [0.05, 0.1) is 0 Å². The summed E-state index contributed by atoms with van der Waals surface area (Å²) in [5, 5.41) is 3.47. The van der Waals surface area contributed by atoms with Crippen LogP contribution in [0.3, 0.4) is 0 Å². The fourth-order valence-corrected chi connectivity index (χ4v) is 3.61. The molecular formula is C14H28N2. The molecule has 1 heterocycles. The quantitative estimate of drug-likeness (QED) is 0.792. The van der Waals surface area contributed by atoms with Gasteiger partial charge in [-0.2, -0.15) is 0 Å². The third-order valence-electron chi connectivity index (χ3n) is 5.26. The van der Waals surface area contributed by atoms with Crippen LogP contribution in [0.4, 0.5) is 0 Å². The van der Waals surface area contributed by atoms with E-state index in [1.165, 1.54) is 25.8 Å². The Morgan fingerprint density at radius 3 is 2.25 bits per heavy atom. The molecular weight excluding hydrogens is 196 g/mol. The average molecular weight is 224 g/mol. The molecule has 0 radical (unpaired) electrons. The maximum Gasteiger partial charge on any atom is 0.0184 e. The van der Waals surface area contributed by atoms with E-state index >= 15 is 0 Å². The molecule has 2 heteroatoms. The minimum atomic E-state index is 0.423. The van der Waals surface area contributed by atoms with Crippen LogP contribution in [0.2, 0.25) is 0 Å². The van der Waals surface area contributed by atoms with Crippen molar-refractivity contribution in [3.8, 4) is 0 Å². The highest BCUT2D eigenvalue weighted by atomic mass is 15.2. The van der Waals surface area contributed by atoms with Crippen LogP contribution in [0.15, 0.2) is 0 Å². The molecule has 2 fully saturated rings. The standard InChI is InChI=1S/C14H28N2/c1-10-11(2)16(9-8-13(10)15-5)14(3,4)12-6-7-12/h10-13,15H,6-9H2,1-5H3. The highest BCUT2D eigenvalue weighted by Crippen LogP contribution is 2.45. The van der Waals surface area contributed by atoms with Crippen LogP contribution in [0, 0.1) is 11.8 Å². The summed E-state index contributed by atoms with van der Waals surface area (Å²) in [4.78, 5) is 2.77. The first-order valence-electron chi connectivity index (χ1n) is 6.92. The number of hydrogen-bond donors (Lipinski definition) is 1. The summed E-state index contributed by atoms with van der Waals surface area (Å²) < 4.78 is 0. The number of nitrogens with one attached hydrogen (secondary N) is 1. The lowest BCUT2D eigenvalue weighted by atomic mass is 9.82. The van der Waals surface area contributed by atoms with Crippen molar-refractivity contribution in [1.29, 1.82) is 0 Å². The number of rotatable bonds is 3. The Bertz CT molecular complexity index is 245. The SMILES string of the molecule is CNC1CCN(C(C)(C)C2CC2)C(C)C1C. The normalized spacial score (nSPS) is 37.7. The molecule has 16 heavy (non-hydrogen) atoms. The van der Waals surface area contributed by atoms with Gasteiger partial charge in [-0.05, 0) is 58.9 Å². The third-order valence-corrected chi connectivity index (χ3v) is 5.26. The van der Waals surface area contributed by atoms with E-state index in [4.69, 9.17) is 0 Å². The summed E-state index contributed by atoms with van der Waals surface area (Å²) in [6.07, 6.45) is 4.19. The van der Waals surface area contributed by atoms with Crippen LogP contribution >= 0.6 is 0 Å². The molecule has 1 aliphatic carbocycles. The van der Waals surface area contributed by atoms with Crippen molar-refractivity contribution >= 4 is 0 Å². The summed E-state index contributed by atoms with van der Waals surface area (Å²) in [5.41, 5.74) is 0.423. The van der Waals surface area contributed by atoms with E-state index in [0.29, 0.717) is 17.6 Å². The van der Waals surface area contributed by atoms with Crippen LogP contribution < -0.4 is 5.32 Å². The predicted octanol–water partition coefficient (Wildman–Crippen LogP) is 2.49. The Morgan fingerprint density at radius 2 is 1.75 bits per heavy atom. The first-order valence-corrected chi connectivity index (χ1v) is 6.92. The van der Waals surface area contributed by atoms with E-state index in [1.54, 1.807) is 0 Å². The van der Waals surface area contributed by atoms with Gasteiger partial charge in [-0.3, -0.25) is 4.90 Å². The zero-order valence-corrected chi connectivity index (χ0v) is 11.6. The van der Waals surface area contributed by atoms with Gasteiger partial charge in [0.1, 0.15) is 0 Å². The molecule has 2 aliphatic rings. The highest BCUT2D eigenvalue weighted by molar-refractivity contribution is 5.01. The van der Waals surface area contributed by atoms with E-state index < -0.39 is 0 Å². The summed E-state index contributed by atoms with van der Waals surface area (Å²) in [6.45, 7) is 11.0. The van der Waals surface area contributed by atoms with Crippen LogP contribution in [-0.4, -0.2) is 36.1 Å². The molecule has 1 N–H and O–H groups in total. The molecule has 2 rings (SSSR count). The maximum atomic E-state index is 3.47. The second-order valence-electron chi connectivity index (χ2n) is 6.40. The Hall–Kier alpha value is -0.0800. The van der Waals surface area contributed by atoms with Gasteiger partial charge in [-0.15, -0.1) is 0 Å². The van der Waals surface area contributed by atoms with E-state index in [2.05, 4.69) is 45.0 Å². The molecule has 0 aromatic rings. The summed E-state index contributed by atoms with van der Waals surface area (Å²) in [7, 11) is 2.11. The fourth-order valence-electron chi connectivity index (χ4n) is 3.61. The van der Waals surface area contributed by atoms with E-state index in [0.717, 1.165) is 11.8 Å². The van der Waals surface area contributed by atoms with Crippen molar-refractivity contribution in [3.05, 3.63) is 0 Å². The number of hydrogen-bond acceptors (Lipinski definition) is 2. The van der Waals surface area contributed by atoms with Gasteiger partial charge in [-0.1, -0.05) is 6.92 Å². The Kier molecular flexibility index (Phi) is 3.33. The molecule has 1 saturated carbocycles. The van der Waals surface area contributed by atoms with Crippen LogP contribution in [0.5, 0.6) is 0 Å². The van der Waals surface area contributed by atoms with E-state index in [9.17, 15) is 0 Å². The zero-order chi connectivity index (χ0) is 11.9. The maximum absolute atomic E-state index is 3.47. The molecule has 2 nitrogen and oxygen atoms in total. The van der Waals surface area contributed by atoms with Crippen LogP contribution in [0.25, 0.3) is 0 Å². The van der Waals surface area contributed by atoms with Gasteiger partial charge >= 0.3 is 0 Å². The predicted molar refractivity (Wildman–Crippen MR) is 69.6 cm³/mol. The van der Waals surface area contributed by atoms with Crippen molar-refractivity contribution in [3.63, 3.8) is 0 Å². The molecule has 1 aliphatic heterocycles. The molecule has 0 amide bonds. The summed E-state index contributed by atoms with van der Waals surface area (Å²) in [6, 6.07) is 1.42. The molecule has 3 atom stereocenters. The Balaban J connectivity index is 2.06. The Labute approximate surface area is 101 Å².